The molecule has 25 heavy (non-hydrogen) atoms. The molecule has 0 N–H and O–H groups in total. The first-order chi connectivity index (χ1) is 12.0. The Hall–Kier alpha value is -2.28. The molecule has 1 heterocycles. The highest BCUT2D eigenvalue weighted by atomic mass is 14.3. The van der Waals surface area contributed by atoms with Crippen molar-refractivity contribution in [2.75, 3.05) is 0 Å². The van der Waals surface area contributed by atoms with Crippen LogP contribution in [0, 0.1) is 0 Å². The van der Waals surface area contributed by atoms with Gasteiger partial charge >= 0.3 is 0 Å². The predicted molar refractivity (Wildman–Crippen MR) is 110 cm³/mol. The molecule has 1 aliphatic heterocycles. The number of fused-ring (bicyclic) bond motifs is 2. The molecular formula is C24H25B. The Bertz CT molecular complexity index is 906. The van der Waals surface area contributed by atoms with E-state index in [1.807, 2.05) is 0 Å². The van der Waals surface area contributed by atoms with E-state index >= 15 is 0 Å². The zero-order valence-corrected chi connectivity index (χ0v) is 15.6. The summed E-state index contributed by atoms with van der Waals surface area (Å²) >= 11 is 0. The highest BCUT2D eigenvalue weighted by molar-refractivity contribution is 6.96. The quantitative estimate of drug-likeness (QED) is 0.626. The molecule has 0 amide bonds. The Morgan fingerprint density at radius 1 is 0.720 bits per heavy atom. The van der Waals surface area contributed by atoms with E-state index in [9.17, 15) is 0 Å². The molecule has 1 heteroatoms. The van der Waals surface area contributed by atoms with Gasteiger partial charge < -0.3 is 0 Å². The predicted octanol–water partition coefficient (Wildman–Crippen LogP) is 3.97. The number of hydrogen-bond acceptors (Lipinski definition) is 0. The van der Waals surface area contributed by atoms with Crippen molar-refractivity contribution in [3.8, 4) is 0 Å². The van der Waals surface area contributed by atoms with Crippen molar-refractivity contribution in [2.45, 2.75) is 39.0 Å². The molecule has 124 valence electrons. The van der Waals surface area contributed by atoms with E-state index in [-0.39, 0.29) is 5.41 Å². The molecule has 3 aromatic carbocycles. The molecule has 1 aliphatic rings. The second-order valence-corrected chi connectivity index (χ2v) is 8.06. The van der Waals surface area contributed by atoms with Crippen LogP contribution in [0.2, 0.25) is 0 Å². The fourth-order valence-corrected chi connectivity index (χ4v) is 4.36. The third-order valence-corrected chi connectivity index (χ3v) is 5.81. The van der Waals surface area contributed by atoms with Crippen LogP contribution in [-0.4, -0.2) is 6.71 Å². The van der Waals surface area contributed by atoms with Gasteiger partial charge in [-0.3, -0.25) is 0 Å². The molecule has 0 bridgehead atoms. The first-order valence-corrected chi connectivity index (χ1v) is 9.29. The molecular weight excluding hydrogens is 299 g/mol. The molecule has 0 nitrogen and oxygen atoms in total. The van der Waals surface area contributed by atoms with Gasteiger partial charge in [-0.1, -0.05) is 117 Å². The number of rotatable bonds is 2. The Labute approximate surface area is 152 Å². The zero-order chi connectivity index (χ0) is 17.6. The fraction of sp³-hybridized carbons (Fsp3) is 0.250. The van der Waals surface area contributed by atoms with E-state index in [2.05, 4.69) is 100 Å². The summed E-state index contributed by atoms with van der Waals surface area (Å²) in [6.07, 6.45) is 0. The summed E-state index contributed by atoms with van der Waals surface area (Å²) < 4.78 is 0. The normalized spacial score (nSPS) is 15.0. The molecule has 0 saturated carbocycles. The lowest BCUT2D eigenvalue weighted by Gasteiger charge is -2.39. The van der Waals surface area contributed by atoms with E-state index in [1.165, 1.54) is 33.1 Å². The van der Waals surface area contributed by atoms with Gasteiger partial charge in [-0.25, -0.2) is 0 Å². The van der Waals surface area contributed by atoms with E-state index < -0.39 is 0 Å². The maximum atomic E-state index is 2.45. The summed E-state index contributed by atoms with van der Waals surface area (Å²) in [7, 11) is 0. The van der Waals surface area contributed by atoms with Gasteiger partial charge in [0, 0.05) is 5.41 Å². The molecule has 0 unspecified atom stereocenters. The summed E-state index contributed by atoms with van der Waals surface area (Å²) in [4.78, 5) is 0. The molecule has 0 aromatic heterocycles. The SMILES string of the molecule is CC(C)c1ccc2c(c1)C(C)(C)c1ccccc1B2c1ccccc1. The molecule has 0 saturated heterocycles. The van der Waals surface area contributed by atoms with Crippen molar-refractivity contribution in [3.05, 3.63) is 89.5 Å². The summed E-state index contributed by atoms with van der Waals surface area (Å²) in [6.45, 7) is 9.62. The van der Waals surface area contributed by atoms with Crippen molar-refractivity contribution in [1.29, 1.82) is 0 Å². The number of benzene rings is 3. The topological polar surface area (TPSA) is 0 Å². The third kappa shape index (κ3) is 2.54. The maximum absolute atomic E-state index is 2.45. The van der Waals surface area contributed by atoms with E-state index in [0.717, 1.165) is 0 Å². The van der Waals surface area contributed by atoms with Crippen LogP contribution in [0.3, 0.4) is 0 Å². The van der Waals surface area contributed by atoms with Crippen LogP contribution in [0.15, 0.2) is 72.8 Å². The first-order valence-electron chi connectivity index (χ1n) is 9.29. The summed E-state index contributed by atoms with van der Waals surface area (Å²) in [5.41, 5.74) is 8.68. The van der Waals surface area contributed by atoms with Crippen LogP contribution < -0.4 is 16.4 Å². The van der Waals surface area contributed by atoms with Gasteiger partial charge in [0.25, 0.3) is 0 Å². The zero-order valence-electron chi connectivity index (χ0n) is 15.6. The van der Waals surface area contributed by atoms with Crippen molar-refractivity contribution in [2.24, 2.45) is 0 Å². The maximum Gasteiger partial charge on any atom is 0.241 e. The highest BCUT2D eigenvalue weighted by Crippen LogP contribution is 2.34. The smallest absolute Gasteiger partial charge is 0.0686 e. The minimum absolute atomic E-state index is 0.0299. The molecule has 0 spiro atoms. The summed E-state index contributed by atoms with van der Waals surface area (Å²) in [5, 5.41) is 0. The Morgan fingerprint density at radius 2 is 1.36 bits per heavy atom. The van der Waals surface area contributed by atoms with Gasteiger partial charge in [0.05, 0.1) is 0 Å². The molecule has 3 aromatic rings. The molecule has 0 atom stereocenters. The molecule has 4 rings (SSSR count). The van der Waals surface area contributed by atoms with Crippen LogP contribution in [0.1, 0.15) is 50.3 Å². The van der Waals surface area contributed by atoms with Gasteiger partial charge in [-0.15, -0.1) is 0 Å². The fourth-order valence-electron chi connectivity index (χ4n) is 4.36. The first kappa shape index (κ1) is 16.2. The lowest BCUT2D eigenvalue weighted by atomic mass is 9.31. The Kier molecular flexibility index (Phi) is 3.83. The van der Waals surface area contributed by atoms with Gasteiger partial charge in [0.15, 0.2) is 0 Å². The van der Waals surface area contributed by atoms with E-state index in [4.69, 9.17) is 0 Å². The largest absolute Gasteiger partial charge is 0.241 e. The van der Waals surface area contributed by atoms with Crippen molar-refractivity contribution in [3.63, 3.8) is 0 Å². The van der Waals surface area contributed by atoms with Crippen molar-refractivity contribution in [1.82, 2.24) is 0 Å². The lowest BCUT2D eigenvalue weighted by molar-refractivity contribution is 0.643. The Balaban J connectivity index is 2.02. The monoisotopic (exact) mass is 324 g/mol. The average Bonchev–Trinajstić information content (AvgIpc) is 2.62. The summed E-state index contributed by atoms with van der Waals surface area (Å²) in [5.74, 6) is 0.549. The second-order valence-electron chi connectivity index (χ2n) is 8.06. The third-order valence-electron chi connectivity index (χ3n) is 5.81. The minimum Gasteiger partial charge on any atom is -0.0686 e. The van der Waals surface area contributed by atoms with Crippen LogP contribution >= 0.6 is 0 Å². The van der Waals surface area contributed by atoms with Gasteiger partial charge in [-0.05, 0) is 22.6 Å². The average molecular weight is 324 g/mol. The van der Waals surface area contributed by atoms with Gasteiger partial charge in [0.2, 0.25) is 6.71 Å². The van der Waals surface area contributed by atoms with Crippen LogP contribution in [0.25, 0.3) is 0 Å². The van der Waals surface area contributed by atoms with Crippen LogP contribution in [-0.2, 0) is 5.41 Å². The van der Waals surface area contributed by atoms with Crippen molar-refractivity contribution < 1.29 is 0 Å². The van der Waals surface area contributed by atoms with E-state index in [1.54, 1.807) is 0 Å². The molecule has 0 aliphatic carbocycles. The van der Waals surface area contributed by atoms with Crippen LogP contribution in [0.5, 0.6) is 0 Å². The highest BCUT2D eigenvalue weighted by Gasteiger charge is 2.39. The Morgan fingerprint density at radius 3 is 2.08 bits per heavy atom. The summed E-state index contributed by atoms with van der Waals surface area (Å²) in [6, 6.07) is 27.1. The van der Waals surface area contributed by atoms with Crippen molar-refractivity contribution >= 4 is 23.1 Å². The van der Waals surface area contributed by atoms with Crippen LogP contribution in [0.4, 0.5) is 0 Å². The second kappa shape index (κ2) is 5.91. The lowest BCUT2D eigenvalue weighted by Crippen LogP contribution is -2.60. The van der Waals surface area contributed by atoms with Gasteiger partial charge in [-0.2, -0.15) is 0 Å². The number of hydrogen-bond donors (Lipinski definition) is 0. The molecule has 0 fully saturated rings. The van der Waals surface area contributed by atoms with Gasteiger partial charge in [0.1, 0.15) is 0 Å². The molecule has 0 radical (unpaired) electrons. The minimum atomic E-state index is 0.0299. The standard InChI is InChI=1S/C24H25B/c1-17(2)18-14-15-23-21(16-18)24(3,4)20-12-8-9-13-22(20)25(23)19-10-6-5-7-11-19/h5-17H,1-4H3. The van der Waals surface area contributed by atoms with E-state index in [0.29, 0.717) is 12.6 Å².